The smallest absolute Gasteiger partial charge is 0.261 e. The lowest BCUT2D eigenvalue weighted by molar-refractivity contribution is 0.0954. The predicted molar refractivity (Wildman–Crippen MR) is 107 cm³/mol. The second kappa shape index (κ2) is 8.38. The number of thiophene rings is 1. The highest BCUT2D eigenvalue weighted by molar-refractivity contribution is 7.20. The fraction of sp³-hybridized carbons (Fsp3) is 0.350. The van der Waals surface area contributed by atoms with E-state index in [4.69, 9.17) is 4.74 Å². The Morgan fingerprint density at radius 3 is 3.00 bits per heavy atom. The van der Waals surface area contributed by atoms with Crippen LogP contribution in [0.3, 0.4) is 0 Å². The highest BCUT2D eigenvalue weighted by Gasteiger charge is 2.21. The summed E-state index contributed by atoms with van der Waals surface area (Å²) in [7, 11) is 0. The van der Waals surface area contributed by atoms with Gasteiger partial charge in [0.25, 0.3) is 5.91 Å². The Hall–Kier alpha value is -2.65. The second-order valence-electron chi connectivity index (χ2n) is 6.87. The van der Waals surface area contributed by atoms with Crippen LogP contribution in [-0.2, 0) is 11.3 Å². The number of hydrogen-bond donors (Lipinski definition) is 2. The van der Waals surface area contributed by atoms with Crippen molar-refractivity contribution < 1.29 is 18.3 Å². The van der Waals surface area contributed by atoms with Crippen molar-refractivity contribution in [2.75, 3.05) is 18.5 Å². The Balaban J connectivity index is 1.52. The number of rotatable bonds is 6. The molecule has 0 radical (unpaired) electrons. The van der Waals surface area contributed by atoms with Gasteiger partial charge < -0.3 is 15.4 Å². The van der Waals surface area contributed by atoms with Crippen molar-refractivity contribution in [1.82, 2.24) is 15.3 Å². The van der Waals surface area contributed by atoms with Crippen molar-refractivity contribution in [3.63, 3.8) is 0 Å². The van der Waals surface area contributed by atoms with E-state index in [9.17, 15) is 13.6 Å². The summed E-state index contributed by atoms with van der Waals surface area (Å²) >= 11 is 1.24. The largest absolute Gasteiger partial charge is 0.376 e. The Labute approximate surface area is 170 Å². The zero-order chi connectivity index (χ0) is 20.4. The number of carbonyl (C=O) groups excluding carboxylic acids is 1. The molecular formula is C20H20F2N4O2S. The highest BCUT2D eigenvalue weighted by atomic mass is 32.1. The van der Waals surface area contributed by atoms with Crippen molar-refractivity contribution in [2.45, 2.75) is 32.4 Å². The van der Waals surface area contributed by atoms with Gasteiger partial charge in [-0.05, 0) is 31.4 Å². The standard InChI is InChI=1S/C20H20F2N4O2S/c1-11-15-18(23-9-13-5-3-7-28-13)25-10-26-20(15)29-17(11)19(27)24-8-12-4-2-6-14(21)16(12)22/h2,4,6,10,13H,3,5,7-9H2,1H3,(H,24,27)(H,23,25,26). The summed E-state index contributed by atoms with van der Waals surface area (Å²) in [5.41, 5.74) is 0.841. The number of halogens is 2. The van der Waals surface area contributed by atoms with Crippen LogP contribution in [0.1, 0.15) is 33.6 Å². The van der Waals surface area contributed by atoms with E-state index in [1.54, 1.807) is 0 Å². The van der Waals surface area contributed by atoms with Crippen molar-refractivity contribution in [1.29, 1.82) is 0 Å². The summed E-state index contributed by atoms with van der Waals surface area (Å²) in [6.07, 6.45) is 3.68. The average Bonchev–Trinajstić information content (AvgIpc) is 3.35. The molecule has 1 atom stereocenters. The molecule has 1 unspecified atom stereocenters. The van der Waals surface area contributed by atoms with E-state index in [1.807, 2.05) is 6.92 Å². The zero-order valence-electron chi connectivity index (χ0n) is 15.8. The molecular weight excluding hydrogens is 398 g/mol. The Morgan fingerprint density at radius 1 is 1.34 bits per heavy atom. The fourth-order valence-electron chi connectivity index (χ4n) is 3.38. The van der Waals surface area contributed by atoms with Gasteiger partial charge in [-0.25, -0.2) is 18.7 Å². The van der Waals surface area contributed by atoms with Gasteiger partial charge in [-0.3, -0.25) is 4.79 Å². The molecule has 1 aliphatic heterocycles. The molecule has 152 valence electrons. The molecule has 0 aliphatic carbocycles. The van der Waals surface area contributed by atoms with E-state index in [1.165, 1.54) is 29.8 Å². The molecule has 1 fully saturated rings. The van der Waals surface area contributed by atoms with E-state index in [-0.39, 0.29) is 24.1 Å². The van der Waals surface area contributed by atoms with Crippen LogP contribution in [-0.4, -0.2) is 35.1 Å². The number of fused-ring (bicyclic) bond motifs is 1. The molecule has 1 amide bonds. The molecule has 0 spiro atoms. The molecule has 3 heterocycles. The van der Waals surface area contributed by atoms with Gasteiger partial charge in [0.1, 0.15) is 17.0 Å². The minimum atomic E-state index is -0.952. The first kappa shape index (κ1) is 19.7. The number of hydrogen-bond acceptors (Lipinski definition) is 6. The van der Waals surface area contributed by atoms with E-state index in [2.05, 4.69) is 20.6 Å². The minimum Gasteiger partial charge on any atom is -0.376 e. The number of nitrogens with one attached hydrogen (secondary N) is 2. The molecule has 1 saturated heterocycles. The van der Waals surface area contributed by atoms with Crippen LogP contribution in [0.15, 0.2) is 24.5 Å². The maximum absolute atomic E-state index is 13.8. The zero-order valence-corrected chi connectivity index (χ0v) is 16.6. The molecule has 2 aromatic heterocycles. The van der Waals surface area contributed by atoms with Crippen molar-refractivity contribution in [3.05, 3.63) is 52.2 Å². The summed E-state index contributed by atoms with van der Waals surface area (Å²) in [5.74, 6) is -1.59. The first-order valence-corrected chi connectivity index (χ1v) is 10.2. The van der Waals surface area contributed by atoms with Gasteiger partial charge in [0.15, 0.2) is 11.6 Å². The molecule has 1 aliphatic rings. The molecule has 6 nitrogen and oxygen atoms in total. The summed E-state index contributed by atoms with van der Waals surface area (Å²) < 4.78 is 32.8. The number of aryl methyl sites for hydroxylation is 1. The third-order valence-electron chi connectivity index (χ3n) is 4.93. The number of aromatic nitrogens is 2. The third-order valence-corrected chi connectivity index (χ3v) is 6.12. The normalized spacial score (nSPS) is 16.3. The molecule has 3 aromatic rings. The Bertz CT molecular complexity index is 1050. The Kier molecular flexibility index (Phi) is 5.68. The monoisotopic (exact) mass is 418 g/mol. The molecule has 0 bridgehead atoms. The number of amides is 1. The predicted octanol–water partition coefficient (Wildman–Crippen LogP) is 3.80. The van der Waals surface area contributed by atoms with Crippen molar-refractivity contribution >= 4 is 33.3 Å². The molecule has 4 rings (SSSR count). The summed E-state index contributed by atoms with van der Waals surface area (Å²) in [6, 6.07) is 3.89. The first-order valence-electron chi connectivity index (χ1n) is 9.35. The lowest BCUT2D eigenvalue weighted by Crippen LogP contribution is -2.23. The van der Waals surface area contributed by atoms with Gasteiger partial charge >= 0.3 is 0 Å². The maximum atomic E-state index is 13.8. The number of anilines is 1. The quantitative estimate of drug-likeness (QED) is 0.637. The van der Waals surface area contributed by atoms with E-state index in [0.717, 1.165) is 36.5 Å². The van der Waals surface area contributed by atoms with Gasteiger partial charge in [-0.2, -0.15) is 0 Å². The topological polar surface area (TPSA) is 76.1 Å². The molecule has 2 N–H and O–H groups in total. The average molecular weight is 418 g/mol. The van der Waals surface area contributed by atoms with Crippen LogP contribution in [0.25, 0.3) is 10.2 Å². The lowest BCUT2D eigenvalue weighted by Gasteiger charge is -2.12. The SMILES string of the molecule is Cc1c(C(=O)NCc2cccc(F)c2F)sc2ncnc(NCC3CCCO3)c12. The number of nitrogens with zero attached hydrogens (tertiary/aromatic N) is 2. The lowest BCUT2D eigenvalue weighted by atomic mass is 10.1. The fourth-order valence-corrected chi connectivity index (χ4v) is 4.44. The van der Waals surface area contributed by atoms with E-state index < -0.39 is 11.6 Å². The van der Waals surface area contributed by atoms with Crippen LogP contribution < -0.4 is 10.6 Å². The maximum Gasteiger partial charge on any atom is 0.261 e. The van der Waals surface area contributed by atoms with Gasteiger partial charge in [-0.15, -0.1) is 11.3 Å². The van der Waals surface area contributed by atoms with Crippen LogP contribution >= 0.6 is 11.3 Å². The van der Waals surface area contributed by atoms with Gasteiger partial charge in [0, 0.05) is 25.3 Å². The number of benzene rings is 1. The summed E-state index contributed by atoms with van der Waals surface area (Å²) in [4.78, 5) is 22.4. The van der Waals surface area contributed by atoms with Crippen molar-refractivity contribution in [3.8, 4) is 0 Å². The second-order valence-corrected chi connectivity index (χ2v) is 7.87. The van der Waals surface area contributed by atoms with E-state index >= 15 is 0 Å². The Morgan fingerprint density at radius 2 is 2.21 bits per heavy atom. The van der Waals surface area contributed by atoms with Gasteiger partial charge in [-0.1, -0.05) is 12.1 Å². The molecule has 0 saturated carbocycles. The van der Waals surface area contributed by atoms with Crippen LogP contribution in [0.2, 0.25) is 0 Å². The van der Waals surface area contributed by atoms with Crippen LogP contribution in [0.5, 0.6) is 0 Å². The highest BCUT2D eigenvalue weighted by Crippen LogP contribution is 2.33. The molecule has 9 heteroatoms. The number of carbonyl (C=O) groups is 1. The van der Waals surface area contributed by atoms with Crippen LogP contribution in [0.4, 0.5) is 14.6 Å². The first-order chi connectivity index (χ1) is 14.0. The van der Waals surface area contributed by atoms with Gasteiger partial charge in [0.2, 0.25) is 0 Å². The molecule has 29 heavy (non-hydrogen) atoms. The van der Waals surface area contributed by atoms with Crippen molar-refractivity contribution in [2.24, 2.45) is 0 Å². The molecule has 1 aromatic carbocycles. The summed E-state index contributed by atoms with van der Waals surface area (Å²) in [6.45, 7) is 3.14. The summed E-state index contributed by atoms with van der Waals surface area (Å²) in [5, 5.41) is 6.75. The third kappa shape index (κ3) is 4.06. The van der Waals surface area contributed by atoms with E-state index in [0.29, 0.717) is 22.1 Å². The van der Waals surface area contributed by atoms with Crippen LogP contribution in [0, 0.1) is 18.6 Å². The van der Waals surface area contributed by atoms with Gasteiger partial charge in [0.05, 0.1) is 16.4 Å². The number of ether oxygens (including phenoxy) is 1. The minimum absolute atomic E-state index is 0.0934.